The van der Waals surface area contributed by atoms with Gasteiger partial charge in [-0.3, -0.25) is 14.6 Å². The molecule has 0 bridgehead atoms. The van der Waals surface area contributed by atoms with Gasteiger partial charge in [-0.25, -0.2) is 0 Å². The number of ether oxygens (including phenoxy) is 1. The third kappa shape index (κ3) is 24.8. The molecule has 0 saturated carbocycles. The SMILES string of the molecule is NCCCCN(CCCN)C(=O)CCCCCCCCCCCCCCCOC(=O)[C@@H](N)CCCN=C(N)N. The number of rotatable bonds is 28. The van der Waals surface area contributed by atoms with Crippen LogP contribution >= 0.6 is 0 Å². The number of carbonyl (C=O) groups excluding carboxylic acids is 2. The number of hydrogen-bond donors (Lipinski definition) is 5. The zero-order chi connectivity index (χ0) is 29.0. The van der Waals surface area contributed by atoms with Gasteiger partial charge in [0, 0.05) is 26.1 Å². The fourth-order valence-electron chi connectivity index (χ4n) is 4.49. The van der Waals surface area contributed by atoms with E-state index >= 15 is 0 Å². The number of unbranched alkanes of at least 4 members (excludes halogenated alkanes) is 13. The first-order valence-electron chi connectivity index (χ1n) is 15.6. The lowest BCUT2D eigenvalue weighted by Gasteiger charge is -2.22. The van der Waals surface area contributed by atoms with Crippen molar-refractivity contribution < 1.29 is 14.3 Å². The number of amides is 1. The first kappa shape index (κ1) is 37.1. The van der Waals surface area contributed by atoms with E-state index in [2.05, 4.69) is 4.99 Å². The molecule has 0 unspecified atom stereocenters. The molecular formula is C29H61N7O3. The summed E-state index contributed by atoms with van der Waals surface area (Å²) in [7, 11) is 0. The molecule has 1 amide bonds. The van der Waals surface area contributed by atoms with Gasteiger partial charge in [0.1, 0.15) is 6.04 Å². The van der Waals surface area contributed by atoms with Crippen LogP contribution in [0.15, 0.2) is 4.99 Å². The predicted molar refractivity (Wildman–Crippen MR) is 162 cm³/mol. The monoisotopic (exact) mass is 555 g/mol. The summed E-state index contributed by atoms with van der Waals surface area (Å²) in [6, 6.07) is -0.609. The number of nitrogens with two attached hydrogens (primary N) is 5. The van der Waals surface area contributed by atoms with Crippen LogP contribution in [0.5, 0.6) is 0 Å². The molecule has 10 nitrogen and oxygen atoms in total. The Labute approximate surface area is 238 Å². The molecule has 0 aromatic heterocycles. The summed E-state index contributed by atoms with van der Waals surface area (Å²) in [6.45, 7) is 3.80. The van der Waals surface area contributed by atoms with E-state index in [4.69, 9.17) is 33.4 Å². The standard InChI is InChI=1S/C29H61N7O3/c30-20-13-14-23-36(24-17-21-31)27(37)19-12-10-8-6-4-2-1-3-5-7-9-11-15-25-39-28(38)26(32)18-16-22-35-29(33)34/h26H,1-25,30-32H2,(H4,33,34,35)/t26-/m0/s1. The van der Waals surface area contributed by atoms with Gasteiger partial charge in [0.2, 0.25) is 5.91 Å². The molecule has 0 rings (SSSR count). The summed E-state index contributed by atoms with van der Waals surface area (Å²) < 4.78 is 5.27. The van der Waals surface area contributed by atoms with E-state index in [0.29, 0.717) is 45.5 Å². The van der Waals surface area contributed by atoms with Crippen molar-refractivity contribution in [2.75, 3.05) is 39.3 Å². The first-order valence-corrected chi connectivity index (χ1v) is 15.6. The molecule has 0 aliphatic heterocycles. The summed E-state index contributed by atoms with van der Waals surface area (Å²) >= 11 is 0. The Morgan fingerprint density at radius 3 is 1.72 bits per heavy atom. The van der Waals surface area contributed by atoms with Crippen LogP contribution in [0.1, 0.15) is 122 Å². The van der Waals surface area contributed by atoms with Crippen molar-refractivity contribution in [3.63, 3.8) is 0 Å². The zero-order valence-electron chi connectivity index (χ0n) is 24.8. The molecule has 10 N–H and O–H groups in total. The van der Waals surface area contributed by atoms with E-state index in [1.54, 1.807) is 0 Å². The smallest absolute Gasteiger partial charge is 0.322 e. The van der Waals surface area contributed by atoms with Crippen LogP contribution in [0.3, 0.4) is 0 Å². The molecule has 1 atom stereocenters. The molecule has 230 valence electrons. The molecule has 0 heterocycles. The van der Waals surface area contributed by atoms with Gasteiger partial charge < -0.3 is 38.3 Å². The van der Waals surface area contributed by atoms with E-state index in [-0.39, 0.29) is 17.8 Å². The minimum Gasteiger partial charge on any atom is -0.465 e. The van der Waals surface area contributed by atoms with E-state index in [0.717, 1.165) is 58.0 Å². The third-order valence-electron chi connectivity index (χ3n) is 6.92. The minimum atomic E-state index is -0.609. The van der Waals surface area contributed by atoms with Crippen LogP contribution in [-0.2, 0) is 14.3 Å². The summed E-state index contributed by atoms with van der Waals surface area (Å²) in [5, 5.41) is 0. The van der Waals surface area contributed by atoms with Gasteiger partial charge in [-0.05, 0) is 58.0 Å². The number of guanidine groups is 1. The molecule has 0 aromatic carbocycles. The Morgan fingerprint density at radius 1 is 0.667 bits per heavy atom. The van der Waals surface area contributed by atoms with Crippen molar-refractivity contribution in [1.29, 1.82) is 0 Å². The van der Waals surface area contributed by atoms with Crippen LogP contribution < -0.4 is 28.7 Å². The Hall–Kier alpha value is -1.91. The largest absolute Gasteiger partial charge is 0.465 e. The molecule has 10 heteroatoms. The Morgan fingerprint density at radius 2 is 1.18 bits per heavy atom. The zero-order valence-corrected chi connectivity index (χ0v) is 24.8. The fourth-order valence-corrected chi connectivity index (χ4v) is 4.49. The van der Waals surface area contributed by atoms with Crippen LogP contribution in [0.25, 0.3) is 0 Å². The van der Waals surface area contributed by atoms with Crippen molar-refractivity contribution in [3.05, 3.63) is 0 Å². The van der Waals surface area contributed by atoms with Gasteiger partial charge in [0.15, 0.2) is 5.96 Å². The van der Waals surface area contributed by atoms with Gasteiger partial charge in [0.05, 0.1) is 6.61 Å². The second kappa shape index (κ2) is 27.6. The predicted octanol–water partition coefficient (Wildman–Crippen LogP) is 3.29. The van der Waals surface area contributed by atoms with Gasteiger partial charge in [-0.1, -0.05) is 70.6 Å². The summed E-state index contributed by atoms with van der Waals surface area (Å²) in [6.07, 6.45) is 20.1. The lowest BCUT2D eigenvalue weighted by molar-refractivity contribution is -0.145. The molecular weight excluding hydrogens is 494 g/mol. The number of hydrogen-bond acceptors (Lipinski definition) is 7. The average molecular weight is 556 g/mol. The molecule has 0 aromatic rings. The van der Waals surface area contributed by atoms with Crippen LogP contribution in [0.2, 0.25) is 0 Å². The number of carbonyl (C=O) groups is 2. The van der Waals surface area contributed by atoms with Gasteiger partial charge in [-0.2, -0.15) is 0 Å². The average Bonchev–Trinajstić information content (AvgIpc) is 2.92. The summed E-state index contributed by atoms with van der Waals surface area (Å²) in [4.78, 5) is 30.2. The Kier molecular flexibility index (Phi) is 26.3. The van der Waals surface area contributed by atoms with Crippen LogP contribution in [0, 0.1) is 0 Å². The van der Waals surface area contributed by atoms with Gasteiger partial charge in [-0.15, -0.1) is 0 Å². The van der Waals surface area contributed by atoms with Crippen molar-refractivity contribution in [2.24, 2.45) is 33.7 Å². The highest BCUT2D eigenvalue weighted by molar-refractivity contribution is 5.76. The van der Waals surface area contributed by atoms with Crippen molar-refractivity contribution >= 4 is 17.8 Å². The number of nitrogens with zero attached hydrogens (tertiary/aromatic N) is 2. The van der Waals surface area contributed by atoms with Crippen molar-refractivity contribution in [1.82, 2.24) is 4.90 Å². The third-order valence-corrected chi connectivity index (χ3v) is 6.92. The molecule has 0 aliphatic carbocycles. The van der Waals surface area contributed by atoms with Gasteiger partial charge in [0.25, 0.3) is 0 Å². The minimum absolute atomic E-state index is 0.0516. The van der Waals surface area contributed by atoms with Crippen LogP contribution in [0.4, 0.5) is 0 Å². The Bertz CT molecular complexity index is 616. The van der Waals surface area contributed by atoms with E-state index < -0.39 is 6.04 Å². The highest BCUT2D eigenvalue weighted by Crippen LogP contribution is 2.14. The maximum atomic E-state index is 12.5. The van der Waals surface area contributed by atoms with Crippen molar-refractivity contribution in [3.8, 4) is 0 Å². The van der Waals surface area contributed by atoms with Crippen molar-refractivity contribution in [2.45, 2.75) is 128 Å². The number of aliphatic imine (C=N–C) groups is 1. The summed E-state index contributed by atoms with van der Waals surface area (Å²) in [5.74, 6) is -0.0131. The molecule has 0 aliphatic rings. The first-order chi connectivity index (χ1) is 18.9. The second-order valence-corrected chi connectivity index (χ2v) is 10.6. The maximum absolute atomic E-state index is 12.5. The fraction of sp³-hybridized carbons (Fsp3) is 0.897. The van der Waals surface area contributed by atoms with Crippen LogP contribution in [-0.4, -0.2) is 68.1 Å². The highest BCUT2D eigenvalue weighted by atomic mass is 16.5. The van der Waals surface area contributed by atoms with E-state index in [1.807, 2.05) is 4.90 Å². The molecule has 0 fully saturated rings. The Balaban J connectivity index is 3.50. The lowest BCUT2D eigenvalue weighted by atomic mass is 10.0. The normalized spacial score (nSPS) is 11.8. The number of esters is 1. The van der Waals surface area contributed by atoms with E-state index in [1.165, 1.54) is 57.8 Å². The van der Waals surface area contributed by atoms with E-state index in [9.17, 15) is 9.59 Å². The quantitative estimate of drug-likeness (QED) is 0.0420. The maximum Gasteiger partial charge on any atom is 0.322 e. The topological polar surface area (TPSA) is 189 Å². The molecule has 39 heavy (non-hydrogen) atoms. The summed E-state index contributed by atoms with van der Waals surface area (Å²) in [5.41, 5.74) is 27.6. The lowest BCUT2D eigenvalue weighted by Crippen LogP contribution is -2.34. The highest BCUT2D eigenvalue weighted by Gasteiger charge is 2.14. The molecule has 0 spiro atoms. The molecule has 0 radical (unpaired) electrons. The second-order valence-electron chi connectivity index (χ2n) is 10.6. The molecule has 0 saturated heterocycles. The van der Waals surface area contributed by atoms with Gasteiger partial charge >= 0.3 is 5.97 Å².